The summed E-state index contributed by atoms with van der Waals surface area (Å²) in [6.07, 6.45) is 3.55. The largest absolute Gasteiger partial charge is 0.317 e. The molecule has 3 nitrogen and oxygen atoms in total. The molecule has 0 amide bonds. The van der Waals surface area contributed by atoms with Gasteiger partial charge in [-0.25, -0.2) is 0 Å². The van der Waals surface area contributed by atoms with Crippen molar-refractivity contribution in [2.75, 3.05) is 13.1 Å². The van der Waals surface area contributed by atoms with Crippen molar-refractivity contribution in [2.24, 2.45) is 5.92 Å². The van der Waals surface area contributed by atoms with Crippen molar-refractivity contribution in [3.8, 4) is 0 Å². The van der Waals surface area contributed by atoms with E-state index in [0.717, 1.165) is 25.9 Å². The summed E-state index contributed by atoms with van der Waals surface area (Å²) >= 11 is 0. The number of carbonyl (C=O) groups excluding carboxylic acids is 1. The summed E-state index contributed by atoms with van der Waals surface area (Å²) in [5.74, 6) is 0.373. The van der Waals surface area contributed by atoms with Crippen LogP contribution < -0.4 is 5.32 Å². The lowest BCUT2D eigenvalue weighted by Crippen LogP contribution is -2.32. The van der Waals surface area contributed by atoms with Crippen LogP contribution in [0.4, 0.5) is 0 Å². The number of hydrogen-bond donors (Lipinski definition) is 1. The van der Waals surface area contributed by atoms with Crippen LogP contribution >= 0.6 is 12.4 Å². The predicted molar refractivity (Wildman–Crippen MR) is 61.4 cm³/mol. The number of halogens is 1. The van der Waals surface area contributed by atoms with E-state index in [1.54, 1.807) is 12.3 Å². The van der Waals surface area contributed by atoms with Crippen LogP contribution in [0.1, 0.15) is 23.3 Å². The van der Waals surface area contributed by atoms with Crippen molar-refractivity contribution in [2.45, 2.75) is 12.8 Å². The molecule has 2 rings (SSSR count). The van der Waals surface area contributed by atoms with Crippen molar-refractivity contribution >= 4 is 18.2 Å². The Morgan fingerprint density at radius 3 is 2.67 bits per heavy atom. The molecule has 1 N–H and O–H groups in total. The average molecular weight is 227 g/mol. The molecular formula is C11H15ClN2O. The number of carbonyl (C=O) groups is 1. The maximum Gasteiger partial charge on any atom is 0.184 e. The molecule has 2 heterocycles. The quantitative estimate of drug-likeness (QED) is 0.781. The molecule has 0 spiro atoms. The van der Waals surface area contributed by atoms with E-state index in [1.807, 2.05) is 12.1 Å². The van der Waals surface area contributed by atoms with E-state index >= 15 is 0 Å². The number of rotatable bonds is 2. The van der Waals surface area contributed by atoms with Gasteiger partial charge in [-0.3, -0.25) is 9.78 Å². The Labute approximate surface area is 95.7 Å². The number of Topliss-reactive ketones (excluding diaryl/α,β-unsaturated/α-hetero) is 1. The number of piperidine rings is 1. The second-order valence-corrected chi connectivity index (χ2v) is 3.60. The Balaban J connectivity index is 0.00000112. The Kier molecular flexibility index (Phi) is 4.72. The summed E-state index contributed by atoms with van der Waals surface area (Å²) in [7, 11) is 0. The Morgan fingerprint density at radius 1 is 1.33 bits per heavy atom. The minimum atomic E-state index is 0. The minimum Gasteiger partial charge on any atom is -0.317 e. The molecule has 0 atom stereocenters. The van der Waals surface area contributed by atoms with E-state index in [4.69, 9.17) is 0 Å². The van der Waals surface area contributed by atoms with Gasteiger partial charge in [0.25, 0.3) is 0 Å². The molecule has 1 saturated heterocycles. The van der Waals surface area contributed by atoms with Gasteiger partial charge in [0.15, 0.2) is 5.78 Å². The number of nitrogens with one attached hydrogen (secondary N) is 1. The maximum absolute atomic E-state index is 11.9. The van der Waals surface area contributed by atoms with E-state index in [-0.39, 0.29) is 24.1 Å². The van der Waals surface area contributed by atoms with Crippen LogP contribution in [0.5, 0.6) is 0 Å². The van der Waals surface area contributed by atoms with Gasteiger partial charge in [0.1, 0.15) is 5.69 Å². The molecule has 1 aliphatic rings. The molecule has 0 aromatic carbocycles. The highest BCUT2D eigenvalue weighted by Crippen LogP contribution is 2.16. The van der Waals surface area contributed by atoms with Crippen molar-refractivity contribution in [3.05, 3.63) is 30.1 Å². The fourth-order valence-electron chi connectivity index (χ4n) is 1.80. The van der Waals surface area contributed by atoms with Crippen LogP contribution in [-0.2, 0) is 0 Å². The SMILES string of the molecule is Cl.O=C(c1ccccn1)C1CCNCC1. The van der Waals surface area contributed by atoms with Crippen molar-refractivity contribution < 1.29 is 4.79 Å². The third-order valence-electron chi connectivity index (χ3n) is 2.63. The fourth-order valence-corrected chi connectivity index (χ4v) is 1.80. The number of nitrogens with zero attached hydrogens (tertiary/aromatic N) is 1. The molecule has 15 heavy (non-hydrogen) atoms. The average Bonchev–Trinajstić information content (AvgIpc) is 2.30. The zero-order valence-electron chi connectivity index (χ0n) is 8.48. The van der Waals surface area contributed by atoms with Crippen molar-refractivity contribution in [1.29, 1.82) is 0 Å². The maximum atomic E-state index is 11.9. The zero-order valence-corrected chi connectivity index (χ0v) is 9.30. The third kappa shape index (κ3) is 3.01. The molecule has 0 radical (unpaired) electrons. The Bertz CT molecular complexity index is 310. The second-order valence-electron chi connectivity index (χ2n) is 3.60. The summed E-state index contributed by atoms with van der Waals surface area (Å²) in [5.41, 5.74) is 0.611. The first kappa shape index (κ1) is 12.1. The van der Waals surface area contributed by atoms with Gasteiger partial charge in [-0.15, -0.1) is 12.4 Å². The number of hydrogen-bond acceptors (Lipinski definition) is 3. The smallest absolute Gasteiger partial charge is 0.184 e. The summed E-state index contributed by atoms with van der Waals surface area (Å²) in [6.45, 7) is 1.90. The highest BCUT2D eigenvalue weighted by atomic mass is 35.5. The van der Waals surface area contributed by atoms with Crippen LogP contribution in [0.25, 0.3) is 0 Å². The summed E-state index contributed by atoms with van der Waals surface area (Å²) in [5, 5.41) is 3.25. The second kappa shape index (κ2) is 5.83. The highest BCUT2D eigenvalue weighted by Gasteiger charge is 2.22. The number of pyridine rings is 1. The molecule has 1 fully saturated rings. The molecule has 1 aromatic rings. The van der Waals surface area contributed by atoms with Crippen LogP contribution in [0.15, 0.2) is 24.4 Å². The predicted octanol–water partition coefficient (Wildman–Crippen LogP) is 1.69. The van der Waals surface area contributed by atoms with Gasteiger partial charge in [-0.05, 0) is 38.1 Å². The monoisotopic (exact) mass is 226 g/mol. The van der Waals surface area contributed by atoms with Gasteiger partial charge in [0, 0.05) is 12.1 Å². The third-order valence-corrected chi connectivity index (χ3v) is 2.63. The number of ketones is 1. The lowest BCUT2D eigenvalue weighted by molar-refractivity contribution is 0.0890. The summed E-state index contributed by atoms with van der Waals surface area (Å²) in [4.78, 5) is 16.0. The van der Waals surface area contributed by atoms with Crippen LogP contribution in [0.2, 0.25) is 0 Å². The molecule has 1 aromatic heterocycles. The van der Waals surface area contributed by atoms with Gasteiger partial charge in [-0.2, -0.15) is 0 Å². The van der Waals surface area contributed by atoms with Gasteiger partial charge in [0.05, 0.1) is 0 Å². The first-order valence-corrected chi connectivity index (χ1v) is 5.04. The first-order chi connectivity index (χ1) is 6.88. The van der Waals surface area contributed by atoms with Crippen molar-refractivity contribution in [1.82, 2.24) is 10.3 Å². The van der Waals surface area contributed by atoms with Crippen LogP contribution in [0.3, 0.4) is 0 Å². The topological polar surface area (TPSA) is 42.0 Å². The molecular weight excluding hydrogens is 212 g/mol. The summed E-state index contributed by atoms with van der Waals surface area (Å²) in [6, 6.07) is 5.49. The Hall–Kier alpha value is -0.930. The molecule has 0 saturated carbocycles. The van der Waals surface area contributed by atoms with E-state index in [2.05, 4.69) is 10.3 Å². The van der Waals surface area contributed by atoms with E-state index in [0.29, 0.717) is 5.69 Å². The summed E-state index contributed by atoms with van der Waals surface area (Å²) < 4.78 is 0. The van der Waals surface area contributed by atoms with Gasteiger partial charge >= 0.3 is 0 Å². The van der Waals surface area contributed by atoms with E-state index in [1.165, 1.54) is 0 Å². The van der Waals surface area contributed by atoms with Crippen LogP contribution in [0, 0.1) is 5.92 Å². The molecule has 82 valence electrons. The first-order valence-electron chi connectivity index (χ1n) is 5.04. The highest BCUT2D eigenvalue weighted by molar-refractivity contribution is 5.96. The lowest BCUT2D eigenvalue weighted by atomic mass is 9.92. The van der Waals surface area contributed by atoms with Gasteiger partial charge in [-0.1, -0.05) is 6.07 Å². The van der Waals surface area contributed by atoms with E-state index in [9.17, 15) is 4.79 Å². The normalized spacial score (nSPS) is 16.8. The lowest BCUT2D eigenvalue weighted by Gasteiger charge is -2.20. The van der Waals surface area contributed by atoms with Crippen molar-refractivity contribution in [3.63, 3.8) is 0 Å². The molecule has 1 aliphatic heterocycles. The molecule has 4 heteroatoms. The molecule has 0 bridgehead atoms. The zero-order chi connectivity index (χ0) is 9.80. The molecule has 0 aliphatic carbocycles. The standard InChI is InChI=1S/C11H14N2O.ClH/c14-11(9-4-7-12-8-5-9)10-3-1-2-6-13-10;/h1-3,6,9,12H,4-5,7-8H2;1H. The minimum absolute atomic E-state index is 0. The van der Waals surface area contributed by atoms with Gasteiger partial charge < -0.3 is 5.32 Å². The van der Waals surface area contributed by atoms with Crippen LogP contribution in [-0.4, -0.2) is 23.9 Å². The number of aromatic nitrogens is 1. The van der Waals surface area contributed by atoms with E-state index < -0.39 is 0 Å². The van der Waals surface area contributed by atoms with Gasteiger partial charge in [0.2, 0.25) is 0 Å². The molecule has 0 unspecified atom stereocenters. The fraction of sp³-hybridized carbons (Fsp3) is 0.455. The Morgan fingerprint density at radius 2 is 2.07 bits per heavy atom.